The van der Waals surface area contributed by atoms with Crippen molar-refractivity contribution in [2.75, 3.05) is 0 Å². The molecule has 0 aliphatic rings. The fourth-order valence-corrected chi connectivity index (χ4v) is 8.56. The zero-order valence-corrected chi connectivity index (χ0v) is 32.2. The molecule has 0 amide bonds. The average Bonchev–Trinajstić information content (AvgIpc) is 3.90. The number of fused-ring (bicyclic) bond motifs is 8. The Labute approximate surface area is 344 Å². The zero-order chi connectivity index (χ0) is 39.6. The molecule has 60 heavy (non-hydrogen) atoms. The Bertz CT molecular complexity index is 3590. The van der Waals surface area contributed by atoms with Crippen molar-refractivity contribution in [3.05, 3.63) is 200 Å². The summed E-state index contributed by atoms with van der Waals surface area (Å²) in [4.78, 5) is 15.5. The highest BCUT2D eigenvalue weighted by Gasteiger charge is 2.20. The fraction of sp³-hybridized carbons (Fsp3) is 0. The molecule has 5 nitrogen and oxygen atoms in total. The summed E-state index contributed by atoms with van der Waals surface area (Å²) in [5.41, 5.74) is 12.5. The average molecular weight is 768 g/mol. The first kappa shape index (κ1) is 33.9. The molecule has 0 saturated heterocycles. The van der Waals surface area contributed by atoms with Crippen molar-refractivity contribution in [2.24, 2.45) is 0 Å². The van der Waals surface area contributed by atoms with Crippen LogP contribution in [0.3, 0.4) is 0 Å². The van der Waals surface area contributed by atoms with Crippen molar-refractivity contribution in [1.82, 2.24) is 15.0 Å². The number of benzene rings is 9. The minimum atomic E-state index is 0.579. The van der Waals surface area contributed by atoms with Crippen LogP contribution in [-0.4, -0.2) is 15.0 Å². The second-order valence-electron chi connectivity index (χ2n) is 15.2. The Balaban J connectivity index is 1.04. The number of hydrogen-bond acceptors (Lipinski definition) is 5. The summed E-state index contributed by atoms with van der Waals surface area (Å²) in [5.74, 6) is 1.77. The van der Waals surface area contributed by atoms with Crippen LogP contribution in [-0.2, 0) is 0 Å². The third-order valence-corrected chi connectivity index (χ3v) is 11.5. The summed E-state index contributed by atoms with van der Waals surface area (Å²) in [7, 11) is 0. The van der Waals surface area contributed by atoms with Crippen molar-refractivity contribution in [3.8, 4) is 67.5 Å². The lowest BCUT2D eigenvalue weighted by Crippen LogP contribution is -2.00. The predicted molar refractivity (Wildman–Crippen MR) is 245 cm³/mol. The summed E-state index contributed by atoms with van der Waals surface area (Å²) in [5, 5.41) is 6.60. The molecule has 3 heterocycles. The molecule has 280 valence electrons. The van der Waals surface area contributed by atoms with E-state index in [0.717, 1.165) is 105 Å². The summed E-state index contributed by atoms with van der Waals surface area (Å²) in [6.45, 7) is 0. The molecule has 0 fully saturated rings. The zero-order valence-electron chi connectivity index (χ0n) is 32.2. The van der Waals surface area contributed by atoms with Crippen molar-refractivity contribution in [3.63, 3.8) is 0 Å². The Morgan fingerprint density at radius 3 is 1.65 bits per heavy atom. The monoisotopic (exact) mass is 767 g/mol. The molecular weight excluding hydrogens is 735 g/mol. The first-order chi connectivity index (χ1) is 29.7. The Kier molecular flexibility index (Phi) is 7.78. The van der Waals surface area contributed by atoms with E-state index in [-0.39, 0.29) is 0 Å². The van der Waals surface area contributed by atoms with Gasteiger partial charge in [-0.3, -0.25) is 0 Å². The molecule has 12 aromatic rings. The van der Waals surface area contributed by atoms with Crippen LogP contribution in [0.1, 0.15) is 0 Å². The Morgan fingerprint density at radius 2 is 0.850 bits per heavy atom. The van der Waals surface area contributed by atoms with Crippen LogP contribution in [0.15, 0.2) is 209 Å². The van der Waals surface area contributed by atoms with Gasteiger partial charge in [0.25, 0.3) is 0 Å². The molecule has 3 aromatic heterocycles. The summed E-state index contributed by atoms with van der Waals surface area (Å²) in [6, 6.07) is 69.3. The lowest BCUT2D eigenvalue weighted by atomic mass is 9.95. The SMILES string of the molecule is c1ccc(-c2cccc(-c3cc(-c4nc(-c5ccccc5)nc(-c5ccc(-c6ccc7c(c6)oc6ccccc67)cc5)n4)cc4c3oc3ccc5ccccc5c34)c2)cc1. The summed E-state index contributed by atoms with van der Waals surface area (Å²) >= 11 is 0. The number of aromatic nitrogens is 3. The van der Waals surface area contributed by atoms with E-state index in [1.54, 1.807) is 0 Å². The molecule has 0 unspecified atom stereocenters. The van der Waals surface area contributed by atoms with E-state index >= 15 is 0 Å². The van der Waals surface area contributed by atoms with E-state index in [1.165, 1.54) is 0 Å². The van der Waals surface area contributed by atoms with Gasteiger partial charge in [0, 0.05) is 43.8 Å². The molecule has 0 saturated carbocycles. The van der Waals surface area contributed by atoms with E-state index < -0.39 is 0 Å². The van der Waals surface area contributed by atoms with Gasteiger partial charge in [-0.2, -0.15) is 0 Å². The second kappa shape index (κ2) is 13.8. The molecule has 0 spiro atoms. The number of para-hydroxylation sites is 1. The quantitative estimate of drug-likeness (QED) is 0.169. The molecule has 0 aliphatic heterocycles. The maximum Gasteiger partial charge on any atom is 0.164 e. The van der Waals surface area contributed by atoms with Gasteiger partial charge in [-0.15, -0.1) is 0 Å². The van der Waals surface area contributed by atoms with Gasteiger partial charge in [0.2, 0.25) is 0 Å². The second-order valence-corrected chi connectivity index (χ2v) is 15.2. The van der Waals surface area contributed by atoms with E-state index in [9.17, 15) is 0 Å². The highest BCUT2D eigenvalue weighted by atomic mass is 16.3. The number of rotatable bonds is 6. The maximum atomic E-state index is 6.80. The van der Waals surface area contributed by atoms with Crippen molar-refractivity contribution in [2.45, 2.75) is 0 Å². The number of hydrogen-bond donors (Lipinski definition) is 0. The highest BCUT2D eigenvalue weighted by molar-refractivity contribution is 6.21. The van der Waals surface area contributed by atoms with Gasteiger partial charge in [0.05, 0.1) is 0 Å². The Hall–Kier alpha value is -8.15. The molecule has 5 heteroatoms. The molecule has 0 atom stereocenters. The first-order valence-electron chi connectivity index (χ1n) is 20.1. The van der Waals surface area contributed by atoms with Gasteiger partial charge in [0.15, 0.2) is 17.5 Å². The number of furan rings is 2. The lowest BCUT2D eigenvalue weighted by Gasteiger charge is -2.12. The maximum absolute atomic E-state index is 6.80. The summed E-state index contributed by atoms with van der Waals surface area (Å²) in [6.07, 6.45) is 0. The van der Waals surface area contributed by atoms with E-state index in [2.05, 4.69) is 146 Å². The normalized spacial score (nSPS) is 11.7. The van der Waals surface area contributed by atoms with Crippen LogP contribution in [0.25, 0.3) is 122 Å². The largest absolute Gasteiger partial charge is 0.456 e. The van der Waals surface area contributed by atoms with Gasteiger partial charge in [-0.25, -0.2) is 15.0 Å². The van der Waals surface area contributed by atoms with Crippen LogP contribution < -0.4 is 0 Å². The van der Waals surface area contributed by atoms with Crippen LogP contribution in [0.4, 0.5) is 0 Å². The summed E-state index contributed by atoms with van der Waals surface area (Å²) < 4.78 is 13.0. The highest BCUT2D eigenvalue weighted by Crippen LogP contribution is 2.43. The van der Waals surface area contributed by atoms with Gasteiger partial charge < -0.3 is 8.83 Å². The van der Waals surface area contributed by atoms with Crippen molar-refractivity contribution in [1.29, 1.82) is 0 Å². The standard InChI is InChI=1S/C55H33N3O2/c1-3-12-34(13-4-1)39-17-11-18-41(30-39)46-31-42(32-47-51-43-19-8-7-14-36(43)27-29-49(51)60-52(46)47)55-57-53(37-15-5-2-6-16-37)56-54(58-55)38-24-22-35(23-25-38)40-26-28-45-44-20-9-10-21-48(44)59-50(45)33-40/h1-33H. The third kappa shape index (κ3) is 5.75. The van der Waals surface area contributed by atoms with Gasteiger partial charge in [-0.05, 0) is 81.1 Å². The molecule has 0 bridgehead atoms. The van der Waals surface area contributed by atoms with Crippen LogP contribution in [0.5, 0.6) is 0 Å². The molecule has 9 aromatic carbocycles. The molecule has 12 rings (SSSR count). The van der Waals surface area contributed by atoms with Crippen molar-refractivity contribution < 1.29 is 8.83 Å². The van der Waals surface area contributed by atoms with Crippen LogP contribution in [0, 0.1) is 0 Å². The van der Waals surface area contributed by atoms with Crippen LogP contribution >= 0.6 is 0 Å². The van der Waals surface area contributed by atoms with E-state index in [1.807, 2.05) is 54.6 Å². The first-order valence-corrected chi connectivity index (χ1v) is 20.1. The van der Waals surface area contributed by atoms with Gasteiger partial charge >= 0.3 is 0 Å². The number of nitrogens with zero attached hydrogens (tertiary/aromatic N) is 3. The minimum absolute atomic E-state index is 0.579. The molecule has 0 N–H and O–H groups in total. The van der Waals surface area contributed by atoms with Gasteiger partial charge in [-0.1, -0.05) is 158 Å². The fourth-order valence-electron chi connectivity index (χ4n) is 8.56. The molecular formula is C55H33N3O2. The van der Waals surface area contributed by atoms with Gasteiger partial charge in [0.1, 0.15) is 22.3 Å². The smallest absolute Gasteiger partial charge is 0.164 e. The lowest BCUT2D eigenvalue weighted by molar-refractivity contribution is 0.669. The van der Waals surface area contributed by atoms with Crippen LogP contribution in [0.2, 0.25) is 0 Å². The van der Waals surface area contributed by atoms with E-state index in [4.69, 9.17) is 23.8 Å². The predicted octanol–water partition coefficient (Wildman–Crippen LogP) is 14.8. The molecule has 0 radical (unpaired) electrons. The molecule has 0 aliphatic carbocycles. The van der Waals surface area contributed by atoms with Crippen molar-refractivity contribution >= 4 is 54.6 Å². The minimum Gasteiger partial charge on any atom is -0.456 e. The third-order valence-electron chi connectivity index (χ3n) is 11.5. The Morgan fingerprint density at radius 1 is 0.283 bits per heavy atom. The van der Waals surface area contributed by atoms with E-state index in [0.29, 0.717) is 17.5 Å². The topological polar surface area (TPSA) is 65.0 Å².